The predicted molar refractivity (Wildman–Crippen MR) is 100 cm³/mol. The first-order chi connectivity index (χ1) is 12.8. The van der Waals surface area contributed by atoms with Gasteiger partial charge in [0, 0.05) is 36.9 Å². The van der Waals surface area contributed by atoms with Gasteiger partial charge in [-0.05, 0) is 43.6 Å². The van der Waals surface area contributed by atoms with Crippen LogP contribution in [0.5, 0.6) is 0 Å². The Morgan fingerprint density at radius 1 is 1.27 bits per heavy atom. The highest BCUT2D eigenvalue weighted by molar-refractivity contribution is 7.99. The van der Waals surface area contributed by atoms with Gasteiger partial charge in [-0.2, -0.15) is 5.26 Å². The van der Waals surface area contributed by atoms with Gasteiger partial charge in [0.05, 0.1) is 11.8 Å². The second kappa shape index (κ2) is 7.62. The molecule has 1 fully saturated rings. The molecular formula is C19H21N5OS. The molecule has 0 unspecified atom stereocenters. The van der Waals surface area contributed by atoms with E-state index in [4.69, 9.17) is 10.00 Å². The summed E-state index contributed by atoms with van der Waals surface area (Å²) in [6, 6.07) is 8.98. The number of fused-ring (bicyclic) bond motifs is 2. The van der Waals surface area contributed by atoms with E-state index < -0.39 is 0 Å². The molecule has 0 atom stereocenters. The van der Waals surface area contributed by atoms with E-state index in [1.807, 2.05) is 0 Å². The van der Waals surface area contributed by atoms with E-state index in [1.54, 1.807) is 31.3 Å². The highest BCUT2D eigenvalue weighted by atomic mass is 32.2. The maximum absolute atomic E-state index is 9.06. The SMILES string of the molecule is COCN1c2cc(CN3CCC(C#N)CC3)ccc2Sc2nccnc21. The zero-order valence-corrected chi connectivity index (χ0v) is 15.6. The molecule has 7 heteroatoms. The number of nitrogens with zero attached hydrogens (tertiary/aromatic N) is 5. The summed E-state index contributed by atoms with van der Waals surface area (Å²) in [6.45, 7) is 3.32. The van der Waals surface area contributed by atoms with Crippen molar-refractivity contribution in [2.24, 2.45) is 5.92 Å². The lowest BCUT2D eigenvalue weighted by atomic mass is 9.98. The van der Waals surface area contributed by atoms with Crippen LogP contribution in [-0.2, 0) is 11.3 Å². The van der Waals surface area contributed by atoms with Crippen LogP contribution in [0, 0.1) is 17.2 Å². The molecule has 2 aliphatic heterocycles. The number of methoxy groups -OCH3 is 1. The normalized spacial score (nSPS) is 17.5. The number of benzene rings is 1. The lowest BCUT2D eigenvalue weighted by Crippen LogP contribution is -2.33. The molecule has 1 saturated heterocycles. The van der Waals surface area contributed by atoms with Crippen molar-refractivity contribution >= 4 is 23.3 Å². The molecule has 3 heterocycles. The third-order valence-corrected chi connectivity index (χ3v) is 5.90. The van der Waals surface area contributed by atoms with Gasteiger partial charge in [-0.15, -0.1) is 0 Å². The molecule has 0 bridgehead atoms. The molecular weight excluding hydrogens is 346 g/mol. The lowest BCUT2D eigenvalue weighted by molar-refractivity contribution is 0.198. The van der Waals surface area contributed by atoms with Gasteiger partial charge in [0.1, 0.15) is 11.8 Å². The number of piperidine rings is 1. The number of nitriles is 1. The second-order valence-corrected chi connectivity index (χ2v) is 7.65. The Kier molecular flexibility index (Phi) is 5.07. The van der Waals surface area contributed by atoms with Crippen LogP contribution in [0.15, 0.2) is 40.5 Å². The highest BCUT2D eigenvalue weighted by Gasteiger charge is 2.26. The standard InChI is InChI=1S/C19H21N5OS/c1-25-13-24-16-10-15(12-23-8-4-14(11-20)5-9-23)2-3-17(16)26-19-18(24)21-6-7-22-19/h2-3,6-7,10,14H,4-5,8-9,12-13H2,1H3. The monoisotopic (exact) mass is 367 g/mol. The summed E-state index contributed by atoms with van der Waals surface area (Å²) in [7, 11) is 1.70. The third kappa shape index (κ3) is 3.40. The van der Waals surface area contributed by atoms with Crippen molar-refractivity contribution < 1.29 is 4.74 Å². The van der Waals surface area contributed by atoms with Gasteiger partial charge in [0.15, 0.2) is 5.82 Å². The Balaban J connectivity index is 1.57. The Labute approximate surface area is 157 Å². The molecule has 0 saturated carbocycles. The second-order valence-electron chi connectivity index (χ2n) is 6.61. The molecule has 4 rings (SSSR count). The number of hydrogen-bond acceptors (Lipinski definition) is 7. The van der Waals surface area contributed by atoms with Crippen molar-refractivity contribution in [3.8, 4) is 6.07 Å². The first kappa shape index (κ1) is 17.3. The number of anilines is 2. The van der Waals surface area contributed by atoms with Gasteiger partial charge < -0.3 is 4.74 Å². The quantitative estimate of drug-likeness (QED) is 0.820. The van der Waals surface area contributed by atoms with Crippen LogP contribution in [0.4, 0.5) is 11.5 Å². The van der Waals surface area contributed by atoms with Gasteiger partial charge in [0.25, 0.3) is 0 Å². The number of hydrogen-bond donors (Lipinski definition) is 0. The number of ether oxygens (including phenoxy) is 1. The summed E-state index contributed by atoms with van der Waals surface area (Å²) in [5, 5.41) is 9.97. The molecule has 2 aromatic rings. The fraction of sp³-hybridized carbons (Fsp3) is 0.421. The van der Waals surface area contributed by atoms with E-state index in [0.717, 1.165) is 49.0 Å². The van der Waals surface area contributed by atoms with Crippen LogP contribution in [-0.4, -0.2) is 41.8 Å². The number of likely N-dealkylation sites (tertiary alicyclic amines) is 1. The van der Waals surface area contributed by atoms with Crippen LogP contribution >= 0.6 is 11.8 Å². The topological polar surface area (TPSA) is 65.3 Å². The maximum Gasteiger partial charge on any atom is 0.168 e. The van der Waals surface area contributed by atoms with Crippen LogP contribution in [0.3, 0.4) is 0 Å². The predicted octanol–water partition coefficient (Wildman–Crippen LogP) is 3.42. The van der Waals surface area contributed by atoms with E-state index in [9.17, 15) is 0 Å². The summed E-state index contributed by atoms with van der Waals surface area (Å²) in [5.74, 6) is 1.07. The molecule has 0 aliphatic carbocycles. The summed E-state index contributed by atoms with van der Waals surface area (Å²) in [6.07, 6.45) is 5.38. The van der Waals surface area contributed by atoms with Gasteiger partial charge in [-0.25, -0.2) is 9.97 Å². The lowest BCUT2D eigenvalue weighted by Gasteiger charge is -2.32. The molecule has 1 aromatic heterocycles. The van der Waals surface area contributed by atoms with Crippen molar-refractivity contribution in [2.75, 3.05) is 31.8 Å². The van der Waals surface area contributed by atoms with Crippen LogP contribution in [0.2, 0.25) is 0 Å². The fourth-order valence-electron chi connectivity index (χ4n) is 3.49. The number of rotatable bonds is 4. The van der Waals surface area contributed by atoms with E-state index in [1.165, 1.54) is 10.5 Å². The molecule has 6 nitrogen and oxygen atoms in total. The Hall–Kier alpha value is -2.14. The maximum atomic E-state index is 9.06. The number of aromatic nitrogens is 2. The van der Waals surface area contributed by atoms with Crippen LogP contribution < -0.4 is 4.90 Å². The largest absolute Gasteiger partial charge is 0.364 e. The molecule has 0 amide bonds. The Bertz CT molecular complexity index is 829. The third-order valence-electron chi connectivity index (χ3n) is 4.86. The van der Waals surface area contributed by atoms with Gasteiger partial charge in [0.2, 0.25) is 0 Å². The average molecular weight is 367 g/mol. The molecule has 26 heavy (non-hydrogen) atoms. The first-order valence-corrected chi connectivity index (χ1v) is 9.60. The molecule has 2 aliphatic rings. The zero-order chi connectivity index (χ0) is 17.9. The molecule has 0 spiro atoms. The van der Waals surface area contributed by atoms with Crippen molar-refractivity contribution in [2.45, 2.75) is 29.3 Å². The molecule has 0 N–H and O–H groups in total. The summed E-state index contributed by atoms with van der Waals surface area (Å²) in [5.41, 5.74) is 2.39. The van der Waals surface area contributed by atoms with E-state index in [2.05, 4.69) is 44.0 Å². The summed E-state index contributed by atoms with van der Waals surface area (Å²) in [4.78, 5) is 14.6. The Morgan fingerprint density at radius 3 is 2.85 bits per heavy atom. The van der Waals surface area contributed by atoms with Crippen molar-refractivity contribution in [1.29, 1.82) is 5.26 Å². The van der Waals surface area contributed by atoms with Crippen molar-refractivity contribution in [3.05, 3.63) is 36.2 Å². The average Bonchev–Trinajstić information content (AvgIpc) is 2.69. The Morgan fingerprint density at radius 2 is 2.08 bits per heavy atom. The van der Waals surface area contributed by atoms with E-state index in [0.29, 0.717) is 6.73 Å². The molecule has 0 radical (unpaired) electrons. The van der Waals surface area contributed by atoms with Gasteiger partial charge >= 0.3 is 0 Å². The summed E-state index contributed by atoms with van der Waals surface area (Å²) < 4.78 is 5.42. The minimum absolute atomic E-state index is 0.221. The zero-order valence-electron chi connectivity index (χ0n) is 14.8. The first-order valence-electron chi connectivity index (χ1n) is 8.78. The minimum atomic E-state index is 0.221. The minimum Gasteiger partial charge on any atom is -0.364 e. The van der Waals surface area contributed by atoms with Crippen LogP contribution in [0.1, 0.15) is 18.4 Å². The van der Waals surface area contributed by atoms with Crippen molar-refractivity contribution in [1.82, 2.24) is 14.9 Å². The van der Waals surface area contributed by atoms with E-state index in [-0.39, 0.29) is 5.92 Å². The highest BCUT2D eigenvalue weighted by Crippen LogP contribution is 2.46. The molecule has 1 aromatic carbocycles. The van der Waals surface area contributed by atoms with Crippen LogP contribution in [0.25, 0.3) is 0 Å². The summed E-state index contributed by atoms with van der Waals surface area (Å²) >= 11 is 1.65. The van der Waals surface area contributed by atoms with E-state index >= 15 is 0 Å². The van der Waals surface area contributed by atoms with Crippen molar-refractivity contribution in [3.63, 3.8) is 0 Å². The smallest absolute Gasteiger partial charge is 0.168 e. The fourth-order valence-corrected chi connectivity index (χ4v) is 4.48. The van der Waals surface area contributed by atoms with Gasteiger partial charge in [-0.1, -0.05) is 17.8 Å². The van der Waals surface area contributed by atoms with Gasteiger partial charge in [-0.3, -0.25) is 9.80 Å². The molecule has 134 valence electrons.